The van der Waals surface area contributed by atoms with Crippen molar-refractivity contribution in [3.63, 3.8) is 0 Å². The van der Waals surface area contributed by atoms with Gasteiger partial charge in [0, 0.05) is 14.8 Å². The Morgan fingerprint density at radius 2 is 1.86 bits per heavy atom. The summed E-state index contributed by atoms with van der Waals surface area (Å²) >= 11 is 7.42. The van der Waals surface area contributed by atoms with Gasteiger partial charge in [-0.25, -0.2) is 0 Å². The first-order valence-electron chi connectivity index (χ1n) is 6.94. The number of para-hydroxylation sites is 1. The molecule has 2 rings (SSSR count). The Balaban J connectivity index is 2.06. The molecule has 2 aromatic carbocycles. The van der Waals surface area contributed by atoms with Gasteiger partial charge >= 0.3 is 0 Å². The predicted octanol–water partition coefficient (Wildman–Crippen LogP) is 4.54. The van der Waals surface area contributed by atoms with Crippen LogP contribution in [-0.2, 0) is 0 Å². The third-order valence-electron chi connectivity index (χ3n) is 3.14. The Morgan fingerprint density at radius 3 is 2.55 bits per heavy atom. The molecule has 0 saturated carbocycles. The molecule has 0 radical (unpaired) electrons. The van der Waals surface area contributed by atoms with Crippen LogP contribution in [0.2, 0.25) is 0 Å². The van der Waals surface area contributed by atoms with E-state index in [0.717, 1.165) is 14.8 Å². The fourth-order valence-corrected chi connectivity index (χ4v) is 2.82. The number of nitrogens with one attached hydrogen (secondary N) is 2. The first kappa shape index (κ1) is 16.9. The number of hydrogen-bond acceptors (Lipinski definition) is 2. The summed E-state index contributed by atoms with van der Waals surface area (Å²) in [4.78, 5) is 12.2. The zero-order valence-corrected chi connectivity index (χ0v) is 15.4. The maximum Gasteiger partial charge on any atom is 0.257 e. The van der Waals surface area contributed by atoms with Gasteiger partial charge in [0.1, 0.15) is 0 Å². The summed E-state index contributed by atoms with van der Waals surface area (Å²) in [5.74, 6) is 0.163. The van der Waals surface area contributed by atoms with Crippen LogP contribution < -0.4 is 10.6 Å². The summed E-state index contributed by atoms with van der Waals surface area (Å²) in [6.45, 7) is 4.24. The molecule has 0 aliphatic rings. The van der Waals surface area contributed by atoms with Crippen LogP contribution in [0.15, 0.2) is 48.5 Å². The van der Waals surface area contributed by atoms with E-state index in [4.69, 9.17) is 12.2 Å². The number of rotatable bonds is 3. The third-order valence-corrected chi connectivity index (χ3v) is 4.02. The standard InChI is InChI=1S/C17H17IN2OS/c1-11(2)14-8-3-4-9-15(14)19-17(22)20-16(21)12-6-5-7-13(18)10-12/h3-11H,1-2H3,(H2,19,20,21,22). The van der Waals surface area contributed by atoms with Crippen LogP contribution in [0.25, 0.3) is 0 Å². The molecule has 0 spiro atoms. The maximum absolute atomic E-state index is 12.2. The van der Waals surface area contributed by atoms with E-state index in [9.17, 15) is 4.79 Å². The Labute approximate surface area is 149 Å². The molecule has 0 heterocycles. The van der Waals surface area contributed by atoms with Gasteiger partial charge in [-0.2, -0.15) is 0 Å². The molecular formula is C17H17IN2OS. The van der Waals surface area contributed by atoms with Crippen LogP contribution >= 0.6 is 34.8 Å². The van der Waals surface area contributed by atoms with Gasteiger partial charge in [0.25, 0.3) is 5.91 Å². The minimum Gasteiger partial charge on any atom is -0.332 e. The van der Waals surface area contributed by atoms with Crippen LogP contribution in [0.3, 0.4) is 0 Å². The van der Waals surface area contributed by atoms with E-state index in [1.807, 2.05) is 36.4 Å². The van der Waals surface area contributed by atoms with Crippen LogP contribution in [0, 0.1) is 3.57 Å². The van der Waals surface area contributed by atoms with Crippen LogP contribution in [-0.4, -0.2) is 11.0 Å². The molecule has 0 aliphatic heterocycles. The lowest BCUT2D eigenvalue weighted by Gasteiger charge is -2.15. The topological polar surface area (TPSA) is 41.1 Å². The van der Waals surface area contributed by atoms with Gasteiger partial charge in [-0.1, -0.05) is 38.1 Å². The van der Waals surface area contributed by atoms with E-state index in [2.05, 4.69) is 53.1 Å². The number of hydrogen-bond donors (Lipinski definition) is 2. The monoisotopic (exact) mass is 424 g/mol. The fraction of sp³-hybridized carbons (Fsp3) is 0.176. The molecule has 0 aliphatic carbocycles. The van der Waals surface area contributed by atoms with Crippen molar-refractivity contribution in [1.29, 1.82) is 0 Å². The molecule has 22 heavy (non-hydrogen) atoms. The highest BCUT2D eigenvalue weighted by Crippen LogP contribution is 2.23. The molecule has 0 unspecified atom stereocenters. The molecule has 0 atom stereocenters. The molecule has 3 nitrogen and oxygen atoms in total. The largest absolute Gasteiger partial charge is 0.332 e. The molecule has 2 N–H and O–H groups in total. The van der Waals surface area contributed by atoms with Crippen molar-refractivity contribution in [2.75, 3.05) is 5.32 Å². The van der Waals surface area contributed by atoms with Crippen molar-refractivity contribution < 1.29 is 4.79 Å². The quantitative estimate of drug-likeness (QED) is 0.562. The lowest BCUT2D eigenvalue weighted by molar-refractivity contribution is 0.0977. The minimum atomic E-state index is -0.210. The molecule has 0 bridgehead atoms. The highest BCUT2D eigenvalue weighted by atomic mass is 127. The number of carbonyl (C=O) groups is 1. The van der Waals surface area contributed by atoms with Crippen molar-refractivity contribution in [1.82, 2.24) is 5.32 Å². The van der Waals surface area contributed by atoms with Gasteiger partial charge in [0.15, 0.2) is 5.11 Å². The summed E-state index contributed by atoms with van der Waals surface area (Å²) in [5.41, 5.74) is 2.67. The Hall–Kier alpha value is -1.47. The highest BCUT2D eigenvalue weighted by Gasteiger charge is 2.10. The lowest BCUT2D eigenvalue weighted by Crippen LogP contribution is -2.34. The van der Waals surface area contributed by atoms with Gasteiger partial charge in [-0.05, 0) is 70.6 Å². The average Bonchev–Trinajstić information content (AvgIpc) is 2.47. The van der Waals surface area contributed by atoms with E-state index in [1.165, 1.54) is 0 Å². The van der Waals surface area contributed by atoms with Crippen molar-refractivity contribution in [3.05, 3.63) is 63.2 Å². The number of benzene rings is 2. The van der Waals surface area contributed by atoms with Crippen molar-refractivity contribution in [2.45, 2.75) is 19.8 Å². The van der Waals surface area contributed by atoms with Crippen molar-refractivity contribution in [2.24, 2.45) is 0 Å². The Kier molecular flexibility index (Phi) is 5.90. The molecule has 114 valence electrons. The predicted molar refractivity (Wildman–Crippen MR) is 103 cm³/mol. The van der Waals surface area contributed by atoms with E-state index in [-0.39, 0.29) is 5.91 Å². The average molecular weight is 424 g/mol. The summed E-state index contributed by atoms with van der Waals surface area (Å²) in [6.07, 6.45) is 0. The Morgan fingerprint density at radius 1 is 1.14 bits per heavy atom. The number of amides is 1. The van der Waals surface area contributed by atoms with Crippen molar-refractivity contribution in [3.8, 4) is 0 Å². The minimum absolute atomic E-state index is 0.210. The summed E-state index contributed by atoms with van der Waals surface area (Å²) in [7, 11) is 0. The molecule has 0 aromatic heterocycles. The molecular weight excluding hydrogens is 407 g/mol. The highest BCUT2D eigenvalue weighted by molar-refractivity contribution is 14.1. The number of thiocarbonyl (C=S) groups is 1. The summed E-state index contributed by atoms with van der Waals surface area (Å²) < 4.78 is 1.01. The number of carbonyl (C=O) groups excluding carboxylic acids is 1. The summed E-state index contributed by atoms with van der Waals surface area (Å²) in [5, 5.41) is 6.12. The Bertz CT molecular complexity index is 701. The molecule has 0 fully saturated rings. The van der Waals surface area contributed by atoms with E-state index >= 15 is 0 Å². The van der Waals surface area contributed by atoms with Gasteiger partial charge in [0.05, 0.1) is 0 Å². The number of halogens is 1. The zero-order chi connectivity index (χ0) is 16.1. The molecule has 1 amide bonds. The number of anilines is 1. The molecule has 5 heteroatoms. The zero-order valence-electron chi connectivity index (χ0n) is 12.4. The second-order valence-electron chi connectivity index (χ2n) is 5.16. The first-order chi connectivity index (χ1) is 10.5. The van der Waals surface area contributed by atoms with Gasteiger partial charge in [-0.3, -0.25) is 10.1 Å². The molecule has 2 aromatic rings. The fourth-order valence-electron chi connectivity index (χ4n) is 2.07. The van der Waals surface area contributed by atoms with Gasteiger partial charge < -0.3 is 5.32 Å². The SMILES string of the molecule is CC(C)c1ccccc1NC(=S)NC(=O)c1cccc(I)c1. The van der Waals surface area contributed by atoms with Crippen LogP contribution in [0.5, 0.6) is 0 Å². The first-order valence-corrected chi connectivity index (χ1v) is 8.43. The third kappa shape index (κ3) is 4.51. The second-order valence-corrected chi connectivity index (χ2v) is 6.81. The lowest BCUT2D eigenvalue weighted by atomic mass is 10.0. The smallest absolute Gasteiger partial charge is 0.257 e. The van der Waals surface area contributed by atoms with Gasteiger partial charge in [-0.15, -0.1) is 0 Å². The summed E-state index contributed by atoms with van der Waals surface area (Å²) in [6, 6.07) is 15.3. The molecule has 0 saturated heterocycles. The second kappa shape index (κ2) is 7.69. The normalized spacial score (nSPS) is 10.4. The van der Waals surface area contributed by atoms with Crippen LogP contribution in [0.4, 0.5) is 5.69 Å². The van der Waals surface area contributed by atoms with Crippen molar-refractivity contribution >= 4 is 51.5 Å². The van der Waals surface area contributed by atoms with Gasteiger partial charge in [0.2, 0.25) is 0 Å². The maximum atomic E-state index is 12.2. The van der Waals surface area contributed by atoms with Crippen LogP contribution in [0.1, 0.15) is 35.7 Å². The van der Waals surface area contributed by atoms with E-state index in [1.54, 1.807) is 6.07 Å². The van der Waals surface area contributed by atoms with E-state index < -0.39 is 0 Å². The van der Waals surface area contributed by atoms with E-state index in [0.29, 0.717) is 16.6 Å².